The standard InChI is InChI=1S/C16H36N2/c1-7-8-9-10-16(6,13-17)18(11-14(2)3)12-15(4)5/h14-15H,7-13,17H2,1-6H3. The first kappa shape index (κ1) is 17.9. The third-order valence-electron chi connectivity index (χ3n) is 3.69. The van der Waals surface area contributed by atoms with Gasteiger partial charge in [-0.15, -0.1) is 0 Å². The van der Waals surface area contributed by atoms with Crippen molar-refractivity contribution >= 4 is 0 Å². The first-order chi connectivity index (χ1) is 8.35. The smallest absolute Gasteiger partial charge is 0.0303 e. The predicted octanol–water partition coefficient (Wildman–Crippen LogP) is 3.90. The van der Waals surface area contributed by atoms with E-state index in [1.807, 2.05) is 0 Å². The molecule has 0 aliphatic carbocycles. The summed E-state index contributed by atoms with van der Waals surface area (Å²) in [5, 5.41) is 0. The lowest BCUT2D eigenvalue weighted by Crippen LogP contribution is -2.54. The average molecular weight is 256 g/mol. The second-order valence-electron chi connectivity index (χ2n) is 6.85. The van der Waals surface area contributed by atoms with Gasteiger partial charge in [-0.3, -0.25) is 4.90 Å². The van der Waals surface area contributed by atoms with Crippen LogP contribution in [0.15, 0.2) is 0 Å². The van der Waals surface area contributed by atoms with Gasteiger partial charge in [0.25, 0.3) is 0 Å². The molecule has 0 heterocycles. The van der Waals surface area contributed by atoms with E-state index in [0.717, 1.165) is 19.6 Å². The van der Waals surface area contributed by atoms with Crippen molar-refractivity contribution in [3.8, 4) is 0 Å². The van der Waals surface area contributed by atoms with Gasteiger partial charge < -0.3 is 5.73 Å². The quantitative estimate of drug-likeness (QED) is 0.601. The molecule has 0 aliphatic heterocycles. The monoisotopic (exact) mass is 256 g/mol. The molecule has 0 spiro atoms. The van der Waals surface area contributed by atoms with Gasteiger partial charge in [0.05, 0.1) is 0 Å². The number of hydrogen-bond donors (Lipinski definition) is 1. The van der Waals surface area contributed by atoms with Gasteiger partial charge in [0.2, 0.25) is 0 Å². The molecule has 0 fully saturated rings. The Kier molecular flexibility index (Phi) is 8.89. The molecule has 0 aliphatic rings. The van der Waals surface area contributed by atoms with E-state index in [0.29, 0.717) is 11.8 Å². The van der Waals surface area contributed by atoms with Crippen LogP contribution in [0, 0.1) is 11.8 Å². The van der Waals surface area contributed by atoms with Crippen molar-refractivity contribution in [2.45, 2.75) is 72.8 Å². The maximum Gasteiger partial charge on any atom is 0.0303 e. The summed E-state index contributed by atoms with van der Waals surface area (Å²) in [4.78, 5) is 2.64. The fourth-order valence-electron chi connectivity index (χ4n) is 2.54. The molecule has 0 aromatic rings. The van der Waals surface area contributed by atoms with E-state index in [2.05, 4.69) is 46.4 Å². The van der Waals surface area contributed by atoms with Crippen LogP contribution in [0.25, 0.3) is 0 Å². The van der Waals surface area contributed by atoms with E-state index in [1.54, 1.807) is 0 Å². The molecule has 0 amide bonds. The van der Waals surface area contributed by atoms with Crippen molar-refractivity contribution < 1.29 is 0 Å². The van der Waals surface area contributed by atoms with Crippen LogP contribution >= 0.6 is 0 Å². The SMILES string of the molecule is CCCCCC(C)(CN)N(CC(C)C)CC(C)C. The molecule has 110 valence electrons. The van der Waals surface area contributed by atoms with Crippen LogP contribution in [-0.2, 0) is 0 Å². The van der Waals surface area contributed by atoms with E-state index >= 15 is 0 Å². The molecule has 0 aromatic carbocycles. The lowest BCUT2D eigenvalue weighted by atomic mass is 9.90. The number of nitrogens with two attached hydrogens (primary N) is 1. The van der Waals surface area contributed by atoms with Gasteiger partial charge in [-0.25, -0.2) is 0 Å². The molecule has 0 radical (unpaired) electrons. The summed E-state index contributed by atoms with van der Waals surface area (Å²) in [6.07, 6.45) is 5.15. The molecule has 0 rings (SSSR count). The molecule has 18 heavy (non-hydrogen) atoms. The summed E-state index contributed by atoms with van der Waals surface area (Å²) in [7, 11) is 0. The average Bonchev–Trinajstić information content (AvgIpc) is 2.27. The maximum absolute atomic E-state index is 6.10. The molecule has 1 atom stereocenters. The van der Waals surface area contributed by atoms with E-state index in [4.69, 9.17) is 5.73 Å². The minimum absolute atomic E-state index is 0.184. The second kappa shape index (κ2) is 8.92. The summed E-state index contributed by atoms with van der Waals surface area (Å²) in [6, 6.07) is 0. The summed E-state index contributed by atoms with van der Waals surface area (Å²) in [6.45, 7) is 16.9. The van der Waals surface area contributed by atoms with Gasteiger partial charge in [-0.1, -0.05) is 53.9 Å². The van der Waals surface area contributed by atoms with E-state index < -0.39 is 0 Å². The summed E-state index contributed by atoms with van der Waals surface area (Å²) in [5.74, 6) is 1.42. The van der Waals surface area contributed by atoms with Crippen molar-refractivity contribution in [1.82, 2.24) is 4.90 Å². The molecule has 0 saturated carbocycles. The minimum Gasteiger partial charge on any atom is -0.329 e. The Morgan fingerprint density at radius 2 is 1.50 bits per heavy atom. The number of rotatable bonds is 10. The molecular formula is C16H36N2. The van der Waals surface area contributed by atoms with E-state index in [-0.39, 0.29) is 5.54 Å². The molecule has 2 nitrogen and oxygen atoms in total. The highest BCUT2D eigenvalue weighted by molar-refractivity contribution is 4.88. The topological polar surface area (TPSA) is 29.3 Å². The molecule has 0 aromatic heterocycles. The fraction of sp³-hybridized carbons (Fsp3) is 1.00. The van der Waals surface area contributed by atoms with Crippen molar-refractivity contribution in [1.29, 1.82) is 0 Å². The van der Waals surface area contributed by atoms with Crippen molar-refractivity contribution in [3.63, 3.8) is 0 Å². The molecule has 2 heteroatoms. The highest BCUT2D eigenvalue weighted by Gasteiger charge is 2.30. The molecular weight excluding hydrogens is 220 g/mol. The summed E-state index contributed by atoms with van der Waals surface area (Å²) >= 11 is 0. The van der Waals surface area contributed by atoms with Crippen LogP contribution < -0.4 is 5.73 Å². The Bertz CT molecular complexity index is 191. The van der Waals surface area contributed by atoms with E-state index in [9.17, 15) is 0 Å². The third kappa shape index (κ3) is 6.75. The lowest BCUT2D eigenvalue weighted by molar-refractivity contribution is 0.0724. The van der Waals surface area contributed by atoms with E-state index in [1.165, 1.54) is 25.7 Å². The zero-order chi connectivity index (χ0) is 14.2. The Hall–Kier alpha value is -0.0800. The summed E-state index contributed by atoms with van der Waals surface area (Å²) in [5.41, 5.74) is 6.28. The van der Waals surface area contributed by atoms with Crippen molar-refractivity contribution in [2.24, 2.45) is 17.6 Å². The van der Waals surface area contributed by atoms with Gasteiger partial charge in [0.15, 0.2) is 0 Å². The number of unbranched alkanes of at least 4 members (excludes halogenated alkanes) is 2. The van der Waals surface area contributed by atoms with Crippen LogP contribution in [-0.4, -0.2) is 30.1 Å². The van der Waals surface area contributed by atoms with Gasteiger partial charge in [-0.05, 0) is 25.2 Å². The minimum atomic E-state index is 0.184. The van der Waals surface area contributed by atoms with Crippen molar-refractivity contribution in [3.05, 3.63) is 0 Å². The van der Waals surface area contributed by atoms with Crippen LogP contribution in [0.5, 0.6) is 0 Å². The van der Waals surface area contributed by atoms with Gasteiger partial charge in [0.1, 0.15) is 0 Å². The zero-order valence-corrected chi connectivity index (χ0v) is 13.6. The maximum atomic E-state index is 6.10. The van der Waals surface area contributed by atoms with Crippen molar-refractivity contribution in [2.75, 3.05) is 19.6 Å². The van der Waals surface area contributed by atoms with Gasteiger partial charge in [-0.2, -0.15) is 0 Å². The Balaban J connectivity index is 4.64. The second-order valence-corrected chi connectivity index (χ2v) is 6.85. The van der Waals surface area contributed by atoms with Gasteiger partial charge >= 0.3 is 0 Å². The van der Waals surface area contributed by atoms with Crippen LogP contribution in [0.3, 0.4) is 0 Å². The van der Waals surface area contributed by atoms with Gasteiger partial charge in [0, 0.05) is 25.2 Å². The predicted molar refractivity (Wildman–Crippen MR) is 82.9 cm³/mol. The zero-order valence-electron chi connectivity index (χ0n) is 13.6. The first-order valence-corrected chi connectivity index (χ1v) is 7.80. The van der Waals surface area contributed by atoms with Crippen LogP contribution in [0.2, 0.25) is 0 Å². The Morgan fingerprint density at radius 1 is 1.00 bits per heavy atom. The molecule has 2 N–H and O–H groups in total. The highest BCUT2D eigenvalue weighted by atomic mass is 15.2. The fourth-order valence-corrected chi connectivity index (χ4v) is 2.54. The summed E-state index contributed by atoms with van der Waals surface area (Å²) < 4.78 is 0. The molecule has 0 bridgehead atoms. The molecule has 0 saturated heterocycles. The first-order valence-electron chi connectivity index (χ1n) is 7.80. The highest BCUT2D eigenvalue weighted by Crippen LogP contribution is 2.24. The lowest BCUT2D eigenvalue weighted by Gasteiger charge is -2.43. The molecule has 1 unspecified atom stereocenters. The number of hydrogen-bond acceptors (Lipinski definition) is 2. The number of nitrogens with zero attached hydrogens (tertiary/aromatic N) is 1. The Labute approximate surface area is 115 Å². The third-order valence-corrected chi connectivity index (χ3v) is 3.69. The van der Waals surface area contributed by atoms with Crippen LogP contribution in [0.1, 0.15) is 67.2 Å². The normalized spacial score (nSPS) is 15.7. The largest absolute Gasteiger partial charge is 0.329 e. The Morgan fingerprint density at radius 3 is 1.83 bits per heavy atom. The van der Waals surface area contributed by atoms with Crippen LogP contribution in [0.4, 0.5) is 0 Å².